The lowest BCUT2D eigenvalue weighted by atomic mass is 10.1. The Kier molecular flexibility index (Phi) is 5.67. The van der Waals surface area contributed by atoms with E-state index in [2.05, 4.69) is 37.2 Å². The molecule has 0 aliphatic carbocycles. The molecule has 21 heavy (non-hydrogen) atoms. The van der Waals surface area contributed by atoms with Gasteiger partial charge in [0.25, 0.3) is 0 Å². The second-order valence-corrected chi connectivity index (χ2v) is 6.42. The van der Waals surface area contributed by atoms with Crippen molar-refractivity contribution < 1.29 is 9.53 Å². The van der Waals surface area contributed by atoms with Gasteiger partial charge in [0, 0.05) is 26.2 Å². The minimum Gasteiger partial charge on any atom is -0.465 e. The molecular formula is C15H12Br2ClNO2. The van der Waals surface area contributed by atoms with Crippen molar-refractivity contribution in [3.63, 3.8) is 0 Å². The Hall–Kier alpha value is -1.04. The summed E-state index contributed by atoms with van der Waals surface area (Å²) in [6.07, 6.45) is 0. The number of anilines is 1. The highest BCUT2D eigenvalue weighted by Gasteiger charge is 2.09. The molecule has 0 bridgehead atoms. The highest BCUT2D eigenvalue weighted by atomic mass is 79.9. The Morgan fingerprint density at radius 1 is 1.19 bits per heavy atom. The summed E-state index contributed by atoms with van der Waals surface area (Å²) in [5.41, 5.74) is 2.49. The number of methoxy groups -OCH3 is 1. The molecule has 2 aromatic rings. The monoisotopic (exact) mass is 431 g/mol. The smallest absolute Gasteiger partial charge is 0.337 e. The Morgan fingerprint density at radius 3 is 2.57 bits per heavy atom. The molecule has 0 aliphatic heterocycles. The molecule has 0 amide bonds. The van der Waals surface area contributed by atoms with Gasteiger partial charge in [-0.05, 0) is 51.8 Å². The molecule has 110 valence electrons. The Labute approximate surface area is 144 Å². The van der Waals surface area contributed by atoms with Crippen LogP contribution >= 0.6 is 43.5 Å². The Bertz CT molecular complexity index is 677. The number of nitrogens with one attached hydrogen (secondary N) is 1. The number of rotatable bonds is 4. The van der Waals surface area contributed by atoms with Crippen LogP contribution in [0.5, 0.6) is 0 Å². The van der Waals surface area contributed by atoms with E-state index in [1.165, 1.54) is 7.11 Å². The van der Waals surface area contributed by atoms with Crippen molar-refractivity contribution in [1.82, 2.24) is 0 Å². The van der Waals surface area contributed by atoms with E-state index in [1.807, 2.05) is 24.3 Å². The second kappa shape index (κ2) is 7.29. The molecule has 0 unspecified atom stereocenters. The number of ether oxygens (including phenoxy) is 1. The molecule has 2 aromatic carbocycles. The number of carbonyl (C=O) groups is 1. The largest absolute Gasteiger partial charge is 0.465 e. The van der Waals surface area contributed by atoms with Gasteiger partial charge in [-0.15, -0.1) is 0 Å². The zero-order valence-electron chi connectivity index (χ0n) is 11.1. The molecule has 0 saturated carbocycles. The van der Waals surface area contributed by atoms with Crippen LogP contribution in [0, 0.1) is 0 Å². The highest BCUT2D eigenvalue weighted by molar-refractivity contribution is 9.11. The van der Waals surface area contributed by atoms with Crippen LogP contribution in [0.15, 0.2) is 45.3 Å². The van der Waals surface area contributed by atoms with Crippen LogP contribution < -0.4 is 5.32 Å². The van der Waals surface area contributed by atoms with Crippen LogP contribution in [0.2, 0.25) is 5.02 Å². The number of halogens is 3. The van der Waals surface area contributed by atoms with E-state index in [9.17, 15) is 4.79 Å². The number of hydrogen-bond donors (Lipinski definition) is 1. The topological polar surface area (TPSA) is 38.3 Å². The molecule has 0 spiro atoms. The summed E-state index contributed by atoms with van der Waals surface area (Å²) in [4.78, 5) is 11.5. The van der Waals surface area contributed by atoms with Crippen LogP contribution in [0.1, 0.15) is 15.9 Å². The van der Waals surface area contributed by atoms with Gasteiger partial charge in [-0.1, -0.05) is 33.6 Å². The molecule has 3 nitrogen and oxygen atoms in total. The molecule has 0 saturated heterocycles. The summed E-state index contributed by atoms with van der Waals surface area (Å²) in [6, 6.07) is 10.9. The van der Waals surface area contributed by atoms with Crippen molar-refractivity contribution in [3.8, 4) is 0 Å². The Morgan fingerprint density at radius 2 is 1.95 bits per heavy atom. The molecule has 0 atom stereocenters. The lowest BCUT2D eigenvalue weighted by Gasteiger charge is -2.11. The van der Waals surface area contributed by atoms with Crippen molar-refractivity contribution in [2.75, 3.05) is 12.4 Å². The van der Waals surface area contributed by atoms with Gasteiger partial charge in [-0.25, -0.2) is 4.79 Å². The Balaban J connectivity index is 2.11. The lowest BCUT2D eigenvalue weighted by molar-refractivity contribution is 0.0600. The maximum Gasteiger partial charge on any atom is 0.337 e. The van der Waals surface area contributed by atoms with Crippen molar-refractivity contribution >= 4 is 55.1 Å². The van der Waals surface area contributed by atoms with Gasteiger partial charge in [0.1, 0.15) is 0 Å². The molecule has 0 radical (unpaired) electrons. The highest BCUT2D eigenvalue weighted by Crippen LogP contribution is 2.27. The number of esters is 1. The summed E-state index contributed by atoms with van der Waals surface area (Å²) < 4.78 is 6.44. The van der Waals surface area contributed by atoms with E-state index >= 15 is 0 Å². The summed E-state index contributed by atoms with van der Waals surface area (Å²) in [5.74, 6) is -0.351. The quantitative estimate of drug-likeness (QED) is 0.668. The SMILES string of the molecule is COC(=O)c1ccc(CNc2ccc(Cl)cc2Br)c(Br)c1. The molecule has 0 aromatic heterocycles. The number of carbonyl (C=O) groups excluding carboxylic acids is 1. The number of hydrogen-bond acceptors (Lipinski definition) is 3. The minimum atomic E-state index is -0.351. The molecule has 6 heteroatoms. The van der Waals surface area contributed by atoms with Crippen LogP contribution in [0.4, 0.5) is 5.69 Å². The fraction of sp³-hybridized carbons (Fsp3) is 0.133. The van der Waals surface area contributed by atoms with Gasteiger partial charge in [-0.3, -0.25) is 0 Å². The van der Waals surface area contributed by atoms with E-state index in [1.54, 1.807) is 12.1 Å². The van der Waals surface area contributed by atoms with Crippen molar-refractivity contribution in [1.29, 1.82) is 0 Å². The van der Waals surface area contributed by atoms with Gasteiger partial charge in [0.15, 0.2) is 0 Å². The van der Waals surface area contributed by atoms with Crippen molar-refractivity contribution in [2.24, 2.45) is 0 Å². The summed E-state index contributed by atoms with van der Waals surface area (Å²) >= 11 is 12.8. The zero-order chi connectivity index (χ0) is 15.4. The molecular weight excluding hydrogens is 421 g/mol. The van der Waals surface area contributed by atoms with Gasteiger partial charge in [0.05, 0.1) is 12.7 Å². The minimum absolute atomic E-state index is 0.351. The number of benzene rings is 2. The van der Waals surface area contributed by atoms with Crippen LogP contribution in [0.25, 0.3) is 0 Å². The average molecular weight is 434 g/mol. The van der Waals surface area contributed by atoms with E-state index in [4.69, 9.17) is 16.3 Å². The normalized spacial score (nSPS) is 10.3. The third-order valence-corrected chi connectivity index (χ3v) is 4.50. The maximum atomic E-state index is 11.5. The fourth-order valence-corrected chi connectivity index (χ4v) is 3.10. The van der Waals surface area contributed by atoms with Crippen LogP contribution in [-0.2, 0) is 11.3 Å². The second-order valence-electron chi connectivity index (χ2n) is 4.28. The van der Waals surface area contributed by atoms with E-state index < -0.39 is 0 Å². The molecule has 1 N–H and O–H groups in total. The first-order valence-corrected chi connectivity index (χ1v) is 8.03. The summed E-state index contributed by atoms with van der Waals surface area (Å²) in [6.45, 7) is 0.613. The summed E-state index contributed by atoms with van der Waals surface area (Å²) in [7, 11) is 1.36. The first-order valence-electron chi connectivity index (χ1n) is 6.07. The van der Waals surface area contributed by atoms with Gasteiger partial charge >= 0.3 is 5.97 Å². The standard InChI is InChI=1S/C15H12Br2ClNO2/c1-21-15(20)9-2-3-10(12(16)6-9)8-19-14-5-4-11(18)7-13(14)17/h2-7,19H,8H2,1H3. The van der Waals surface area contributed by atoms with Gasteiger partial charge in [0.2, 0.25) is 0 Å². The first kappa shape index (κ1) is 16.3. The summed E-state index contributed by atoms with van der Waals surface area (Å²) in [5, 5.41) is 3.99. The average Bonchev–Trinajstić information content (AvgIpc) is 2.46. The zero-order valence-corrected chi connectivity index (χ0v) is 15.0. The first-order chi connectivity index (χ1) is 10.0. The van der Waals surface area contributed by atoms with Crippen molar-refractivity contribution in [3.05, 3.63) is 61.5 Å². The van der Waals surface area contributed by atoms with Crippen molar-refractivity contribution in [2.45, 2.75) is 6.54 Å². The predicted molar refractivity (Wildman–Crippen MR) is 92.0 cm³/mol. The van der Waals surface area contributed by atoms with E-state index in [0.717, 1.165) is 20.2 Å². The lowest BCUT2D eigenvalue weighted by Crippen LogP contribution is -2.04. The molecule has 0 heterocycles. The molecule has 0 fully saturated rings. The van der Waals surface area contributed by atoms with Gasteiger partial charge < -0.3 is 10.1 Å². The predicted octanol–water partition coefficient (Wildman–Crippen LogP) is 5.26. The van der Waals surface area contributed by atoms with Gasteiger partial charge in [-0.2, -0.15) is 0 Å². The molecule has 2 rings (SSSR count). The van der Waals surface area contributed by atoms with Crippen LogP contribution in [0.3, 0.4) is 0 Å². The fourth-order valence-electron chi connectivity index (χ4n) is 1.76. The third kappa shape index (κ3) is 4.22. The van der Waals surface area contributed by atoms with Crippen LogP contribution in [-0.4, -0.2) is 13.1 Å². The van der Waals surface area contributed by atoms with E-state index in [-0.39, 0.29) is 5.97 Å². The third-order valence-electron chi connectivity index (χ3n) is 2.87. The molecule has 0 aliphatic rings. The maximum absolute atomic E-state index is 11.5. The van der Waals surface area contributed by atoms with E-state index in [0.29, 0.717) is 17.1 Å².